The molecule has 0 radical (unpaired) electrons. The molecule has 0 aliphatic heterocycles. The van der Waals surface area contributed by atoms with Crippen molar-refractivity contribution in [3.63, 3.8) is 0 Å². The van der Waals surface area contributed by atoms with Gasteiger partial charge in [-0.1, -0.05) is 18.2 Å². The van der Waals surface area contributed by atoms with Crippen LogP contribution in [0.1, 0.15) is 11.4 Å². The maximum absolute atomic E-state index is 11.4. The van der Waals surface area contributed by atoms with Crippen molar-refractivity contribution in [1.29, 1.82) is 0 Å². The van der Waals surface area contributed by atoms with Gasteiger partial charge in [-0.25, -0.2) is 4.79 Å². The van der Waals surface area contributed by atoms with Crippen LogP contribution in [0.2, 0.25) is 0 Å². The molecule has 28 heavy (non-hydrogen) atoms. The number of fused-ring (bicyclic) bond motifs is 1. The molecule has 3 N–H and O–H groups in total. The van der Waals surface area contributed by atoms with Crippen LogP contribution in [0.4, 0.5) is 17.6 Å². The second-order valence-electron chi connectivity index (χ2n) is 6.12. The number of nitrogen functional groups attached to an aromatic ring is 1. The monoisotopic (exact) mass is 375 g/mol. The van der Waals surface area contributed by atoms with Gasteiger partial charge in [-0.2, -0.15) is 15.0 Å². The Hall–Kier alpha value is -3.94. The standard InChI is InChI=1S/C20H17N5O3/c1-12-4-2-3-5-15(12)22-20-24-17(23-19(21)25-20)11-27-14-8-6-13-7-9-18(26)28-16(13)10-14/h2-10H,11H2,1H3,(H3,21,22,23,24,25). The molecule has 0 fully saturated rings. The quantitative estimate of drug-likeness (QED) is 0.511. The molecule has 0 aliphatic rings. The minimum atomic E-state index is -0.415. The molecule has 8 nitrogen and oxygen atoms in total. The Morgan fingerprint density at radius 3 is 2.75 bits per heavy atom. The van der Waals surface area contributed by atoms with E-state index in [4.69, 9.17) is 14.9 Å². The third-order valence-electron chi connectivity index (χ3n) is 4.05. The smallest absolute Gasteiger partial charge is 0.336 e. The molecule has 140 valence electrons. The van der Waals surface area contributed by atoms with Gasteiger partial charge in [0.1, 0.15) is 17.9 Å². The third kappa shape index (κ3) is 3.90. The van der Waals surface area contributed by atoms with E-state index in [1.165, 1.54) is 6.07 Å². The Labute approximate surface area is 160 Å². The Morgan fingerprint density at radius 2 is 1.89 bits per heavy atom. The van der Waals surface area contributed by atoms with E-state index in [-0.39, 0.29) is 12.6 Å². The fourth-order valence-corrected chi connectivity index (χ4v) is 2.67. The number of nitrogens with zero attached hydrogens (tertiary/aromatic N) is 3. The normalized spacial score (nSPS) is 10.8. The Balaban J connectivity index is 1.53. The average molecular weight is 375 g/mol. The number of hydrogen-bond donors (Lipinski definition) is 2. The lowest BCUT2D eigenvalue weighted by atomic mass is 10.2. The van der Waals surface area contributed by atoms with Gasteiger partial charge < -0.3 is 20.2 Å². The van der Waals surface area contributed by atoms with Crippen LogP contribution in [0.5, 0.6) is 5.75 Å². The maximum atomic E-state index is 11.4. The van der Waals surface area contributed by atoms with Gasteiger partial charge in [-0.3, -0.25) is 0 Å². The summed E-state index contributed by atoms with van der Waals surface area (Å²) in [5, 5.41) is 3.94. The van der Waals surface area contributed by atoms with E-state index in [1.54, 1.807) is 24.3 Å². The van der Waals surface area contributed by atoms with E-state index in [2.05, 4.69) is 20.3 Å². The summed E-state index contributed by atoms with van der Waals surface area (Å²) in [5.41, 5.74) is 7.77. The summed E-state index contributed by atoms with van der Waals surface area (Å²) >= 11 is 0. The highest BCUT2D eigenvalue weighted by atomic mass is 16.5. The zero-order chi connectivity index (χ0) is 19.5. The van der Waals surface area contributed by atoms with Gasteiger partial charge >= 0.3 is 5.63 Å². The fourth-order valence-electron chi connectivity index (χ4n) is 2.67. The second-order valence-corrected chi connectivity index (χ2v) is 6.12. The van der Waals surface area contributed by atoms with E-state index >= 15 is 0 Å². The van der Waals surface area contributed by atoms with Crippen LogP contribution in [0.3, 0.4) is 0 Å². The maximum Gasteiger partial charge on any atom is 0.336 e. The van der Waals surface area contributed by atoms with E-state index in [0.717, 1.165) is 16.6 Å². The molecule has 4 aromatic rings. The van der Waals surface area contributed by atoms with E-state index in [9.17, 15) is 4.79 Å². The number of aryl methyl sites for hydroxylation is 1. The number of hydrogen-bond acceptors (Lipinski definition) is 8. The van der Waals surface area contributed by atoms with Crippen molar-refractivity contribution >= 4 is 28.6 Å². The number of para-hydroxylation sites is 1. The SMILES string of the molecule is Cc1ccccc1Nc1nc(N)nc(COc2ccc3ccc(=O)oc3c2)n1. The van der Waals surface area contributed by atoms with Gasteiger partial charge in [0.25, 0.3) is 0 Å². The van der Waals surface area contributed by atoms with Crippen LogP contribution in [0.15, 0.2) is 63.8 Å². The molecule has 0 spiro atoms. The number of nitrogens with one attached hydrogen (secondary N) is 1. The van der Waals surface area contributed by atoms with Crippen molar-refractivity contribution in [3.05, 3.63) is 76.4 Å². The first-order chi connectivity index (χ1) is 13.6. The number of anilines is 3. The molecule has 0 aliphatic carbocycles. The van der Waals surface area contributed by atoms with Crippen molar-refractivity contribution < 1.29 is 9.15 Å². The van der Waals surface area contributed by atoms with E-state index in [0.29, 0.717) is 23.1 Å². The Bertz CT molecular complexity index is 1210. The van der Waals surface area contributed by atoms with Crippen LogP contribution in [0, 0.1) is 6.92 Å². The number of aromatic nitrogens is 3. The Kier molecular flexibility index (Phi) is 4.59. The predicted octanol–water partition coefficient (Wildman–Crippen LogP) is 3.19. The van der Waals surface area contributed by atoms with Gasteiger partial charge in [0, 0.05) is 23.2 Å². The van der Waals surface area contributed by atoms with E-state index in [1.807, 2.05) is 31.2 Å². The van der Waals surface area contributed by atoms with Crippen LogP contribution in [0.25, 0.3) is 11.0 Å². The lowest BCUT2D eigenvalue weighted by Crippen LogP contribution is -2.09. The summed E-state index contributed by atoms with van der Waals surface area (Å²) in [6.07, 6.45) is 0. The fraction of sp³-hybridized carbons (Fsp3) is 0.100. The van der Waals surface area contributed by atoms with Crippen LogP contribution in [-0.4, -0.2) is 15.0 Å². The summed E-state index contributed by atoms with van der Waals surface area (Å²) in [6, 6.07) is 16.1. The number of nitrogens with two attached hydrogens (primary N) is 1. The third-order valence-corrected chi connectivity index (χ3v) is 4.05. The molecule has 0 unspecified atom stereocenters. The Morgan fingerprint density at radius 1 is 1.07 bits per heavy atom. The molecule has 4 rings (SSSR count). The van der Waals surface area contributed by atoms with Crippen molar-refractivity contribution in [1.82, 2.24) is 15.0 Å². The number of ether oxygens (including phenoxy) is 1. The molecule has 0 bridgehead atoms. The van der Waals surface area contributed by atoms with Gasteiger partial charge in [-0.15, -0.1) is 0 Å². The minimum absolute atomic E-state index is 0.0811. The van der Waals surface area contributed by atoms with Gasteiger partial charge in [0.2, 0.25) is 11.9 Å². The summed E-state index contributed by atoms with van der Waals surface area (Å²) < 4.78 is 10.9. The topological polar surface area (TPSA) is 116 Å². The first-order valence-electron chi connectivity index (χ1n) is 8.57. The molecule has 0 saturated carbocycles. The molecule has 2 aromatic carbocycles. The predicted molar refractivity (Wildman–Crippen MR) is 106 cm³/mol. The highest BCUT2D eigenvalue weighted by molar-refractivity contribution is 5.77. The minimum Gasteiger partial charge on any atom is -0.485 e. The second kappa shape index (κ2) is 7.36. The van der Waals surface area contributed by atoms with Gasteiger partial charge in [0.05, 0.1) is 0 Å². The zero-order valence-corrected chi connectivity index (χ0v) is 15.0. The van der Waals surface area contributed by atoms with Crippen LogP contribution < -0.4 is 21.4 Å². The molecule has 2 aromatic heterocycles. The lowest BCUT2D eigenvalue weighted by molar-refractivity contribution is 0.296. The molecular formula is C20H17N5O3. The van der Waals surface area contributed by atoms with Crippen molar-refractivity contribution in [2.45, 2.75) is 13.5 Å². The van der Waals surface area contributed by atoms with Crippen LogP contribution in [-0.2, 0) is 6.61 Å². The summed E-state index contributed by atoms with van der Waals surface area (Å²) in [6.45, 7) is 2.06. The average Bonchev–Trinajstić information content (AvgIpc) is 2.67. The highest BCUT2D eigenvalue weighted by Crippen LogP contribution is 2.21. The first-order valence-corrected chi connectivity index (χ1v) is 8.57. The highest BCUT2D eigenvalue weighted by Gasteiger charge is 2.08. The first kappa shape index (κ1) is 17.5. The molecule has 2 heterocycles. The molecule has 0 atom stereocenters. The van der Waals surface area contributed by atoms with Crippen molar-refractivity contribution in [2.75, 3.05) is 11.1 Å². The van der Waals surface area contributed by atoms with Crippen LogP contribution >= 0.6 is 0 Å². The number of rotatable bonds is 5. The summed E-state index contributed by atoms with van der Waals surface area (Å²) in [5.74, 6) is 1.33. The molecular weight excluding hydrogens is 358 g/mol. The lowest BCUT2D eigenvalue weighted by Gasteiger charge is -2.10. The van der Waals surface area contributed by atoms with E-state index < -0.39 is 5.63 Å². The molecule has 0 amide bonds. The van der Waals surface area contributed by atoms with Crippen molar-refractivity contribution in [3.8, 4) is 5.75 Å². The summed E-state index contributed by atoms with van der Waals surface area (Å²) in [4.78, 5) is 23.9. The largest absolute Gasteiger partial charge is 0.485 e. The van der Waals surface area contributed by atoms with Gasteiger partial charge in [0.15, 0.2) is 5.82 Å². The van der Waals surface area contributed by atoms with Crippen molar-refractivity contribution in [2.24, 2.45) is 0 Å². The molecule has 0 saturated heterocycles. The number of benzene rings is 2. The molecule has 8 heteroatoms. The zero-order valence-electron chi connectivity index (χ0n) is 15.0. The van der Waals surface area contributed by atoms with Gasteiger partial charge in [-0.05, 0) is 36.8 Å². The summed E-state index contributed by atoms with van der Waals surface area (Å²) in [7, 11) is 0.